The van der Waals surface area contributed by atoms with Crippen LogP contribution in [0.1, 0.15) is 44.7 Å². The minimum Gasteiger partial charge on any atom is -0.341 e. The molecule has 24 heavy (non-hydrogen) atoms. The molecule has 2 fully saturated rings. The van der Waals surface area contributed by atoms with Crippen LogP contribution in [0, 0.1) is 6.92 Å². The maximum Gasteiger partial charge on any atom is 0.247 e. The van der Waals surface area contributed by atoms with Crippen LogP contribution in [0.4, 0.5) is 0 Å². The van der Waals surface area contributed by atoms with E-state index in [1.807, 2.05) is 11.8 Å². The molecule has 1 aromatic rings. The van der Waals surface area contributed by atoms with Gasteiger partial charge in [0.25, 0.3) is 0 Å². The summed E-state index contributed by atoms with van der Waals surface area (Å²) in [5.41, 5.74) is -0.292. The molecule has 0 aromatic carbocycles. The highest BCUT2D eigenvalue weighted by molar-refractivity contribution is 7.89. The number of sulfonamides is 1. The van der Waals surface area contributed by atoms with Gasteiger partial charge < -0.3 is 4.90 Å². The zero-order valence-corrected chi connectivity index (χ0v) is 15.5. The van der Waals surface area contributed by atoms with Crippen molar-refractivity contribution in [3.05, 3.63) is 11.9 Å². The normalized spacial score (nSPS) is 25.8. The second-order valence-corrected chi connectivity index (χ2v) is 8.66. The van der Waals surface area contributed by atoms with Gasteiger partial charge >= 0.3 is 0 Å². The van der Waals surface area contributed by atoms with Gasteiger partial charge in [0.2, 0.25) is 15.9 Å². The van der Waals surface area contributed by atoms with Gasteiger partial charge in [0.05, 0.1) is 11.9 Å². The van der Waals surface area contributed by atoms with E-state index in [9.17, 15) is 13.2 Å². The average molecular weight is 354 g/mol. The standard InChI is InChI=1S/C16H26N4O3S/c1-4-9-19-10-5-7-16(15(19)21)8-6-11-20(16)24(22,23)14-12-17-18(3)13(14)2/h12H,4-11H2,1-3H3. The Morgan fingerprint density at radius 2 is 1.92 bits per heavy atom. The summed E-state index contributed by atoms with van der Waals surface area (Å²) < 4.78 is 29.5. The van der Waals surface area contributed by atoms with Crippen LogP contribution in [0.3, 0.4) is 0 Å². The molecule has 0 aliphatic carbocycles. The first-order valence-corrected chi connectivity index (χ1v) is 10.1. The zero-order chi connectivity index (χ0) is 17.5. The first-order valence-electron chi connectivity index (χ1n) is 8.65. The Balaban J connectivity index is 2.01. The Morgan fingerprint density at radius 1 is 1.25 bits per heavy atom. The van der Waals surface area contributed by atoms with Gasteiger partial charge in [-0.25, -0.2) is 8.42 Å². The van der Waals surface area contributed by atoms with Crippen LogP contribution in [0.2, 0.25) is 0 Å². The molecule has 2 saturated heterocycles. The molecular weight excluding hydrogens is 328 g/mol. The lowest BCUT2D eigenvalue weighted by Crippen LogP contribution is -2.61. The van der Waals surface area contributed by atoms with Crippen molar-refractivity contribution in [1.29, 1.82) is 0 Å². The average Bonchev–Trinajstić information content (AvgIpc) is 3.11. The molecule has 2 aliphatic rings. The predicted octanol–water partition coefficient (Wildman–Crippen LogP) is 1.28. The highest BCUT2D eigenvalue weighted by atomic mass is 32.2. The van der Waals surface area contributed by atoms with Gasteiger partial charge in [-0.05, 0) is 39.0 Å². The smallest absolute Gasteiger partial charge is 0.247 e. The molecule has 134 valence electrons. The van der Waals surface area contributed by atoms with Gasteiger partial charge in [0.1, 0.15) is 10.4 Å². The SMILES string of the molecule is CCCN1CCCC2(CCCN2S(=O)(=O)c2cnn(C)c2C)C1=O. The van der Waals surface area contributed by atoms with E-state index in [1.54, 1.807) is 18.7 Å². The molecule has 8 heteroatoms. The fourth-order valence-corrected chi connectivity index (χ4v) is 6.08. The van der Waals surface area contributed by atoms with Crippen LogP contribution in [-0.2, 0) is 21.9 Å². The fourth-order valence-electron chi connectivity index (χ4n) is 4.07. The highest BCUT2D eigenvalue weighted by Gasteiger charge is 2.55. The third kappa shape index (κ3) is 2.47. The highest BCUT2D eigenvalue weighted by Crippen LogP contribution is 2.42. The zero-order valence-electron chi connectivity index (χ0n) is 14.7. The Labute approximate surface area is 143 Å². The Hall–Kier alpha value is -1.41. The summed E-state index contributed by atoms with van der Waals surface area (Å²) in [6, 6.07) is 0. The summed E-state index contributed by atoms with van der Waals surface area (Å²) in [6.45, 7) is 5.61. The fraction of sp³-hybridized carbons (Fsp3) is 0.750. The molecule has 3 rings (SSSR count). The van der Waals surface area contributed by atoms with Crippen molar-refractivity contribution in [1.82, 2.24) is 19.0 Å². The molecule has 1 spiro atoms. The van der Waals surface area contributed by atoms with Crippen LogP contribution in [-0.4, -0.2) is 58.5 Å². The quantitative estimate of drug-likeness (QED) is 0.816. The van der Waals surface area contributed by atoms with Gasteiger partial charge in [-0.15, -0.1) is 0 Å². The van der Waals surface area contributed by atoms with Crippen LogP contribution in [0.25, 0.3) is 0 Å². The number of rotatable bonds is 4. The molecule has 0 radical (unpaired) electrons. The van der Waals surface area contributed by atoms with Crippen molar-refractivity contribution in [2.75, 3.05) is 19.6 Å². The van der Waals surface area contributed by atoms with E-state index in [-0.39, 0.29) is 10.8 Å². The first kappa shape index (κ1) is 17.4. The second kappa shape index (κ2) is 6.15. The number of nitrogens with zero attached hydrogens (tertiary/aromatic N) is 4. The van der Waals surface area contributed by atoms with Crippen molar-refractivity contribution in [3.8, 4) is 0 Å². The first-order chi connectivity index (χ1) is 11.3. The van der Waals surface area contributed by atoms with Crippen molar-refractivity contribution >= 4 is 15.9 Å². The van der Waals surface area contributed by atoms with Crippen molar-refractivity contribution in [2.24, 2.45) is 7.05 Å². The number of likely N-dealkylation sites (tertiary alicyclic amines) is 1. The number of carbonyl (C=O) groups excluding carboxylic acids is 1. The third-order valence-corrected chi connectivity index (χ3v) is 7.45. The molecule has 0 N–H and O–H groups in total. The molecule has 7 nitrogen and oxygen atoms in total. The Bertz CT molecular complexity index is 741. The lowest BCUT2D eigenvalue weighted by Gasteiger charge is -2.43. The molecule has 3 heterocycles. The number of carbonyl (C=O) groups is 1. The van der Waals surface area contributed by atoms with Crippen molar-refractivity contribution in [2.45, 2.75) is 56.4 Å². The Morgan fingerprint density at radius 3 is 2.50 bits per heavy atom. The van der Waals surface area contributed by atoms with Crippen LogP contribution >= 0.6 is 0 Å². The van der Waals surface area contributed by atoms with Gasteiger partial charge in [-0.1, -0.05) is 6.92 Å². The summed E-state index contributed by atoms with van der Waals surface area (Å²) >= 11 is 0. The number of aryl methyl sites for hydroxylation is 1. The van der Waals surface area contributed by atoms with Gasteiger partial charge in [0, 0.05) is 26.7 Å². The van der Waals surface area contributed by atoms with Crippen LogP contribution in [0.5, 0.6) is 0 Å². The van der Waals surface area contributed by atoms with E-state index in [4.69, 9.17) is 0 Å². The number of aromatic nitrogens is 2. The second-order valence-electron chi connectivity index (χ2n) is 6.83. The largest absolute Gasteiger partial charge is 0.341 e. The number of hydrogen-bond acceptors (Lipinski definition) is 4. The van der Waals surface area contributed by atoms with Gasteiger partial charge in [0.15, 0.2) is 0 Å². The lowest BCUT2D eigenvalue weighted by atomic mass is 9.86. The molecule has 1 unspecified atom stereocenters. The molecular formula is C16H26N4O3S. The van der Waals surface area contributed by atoms with Crippen LogP contribution in [0.15, 0.2) is 11.1 Å². The van der Waals surface area contributed by atoms with Gasteiger partial charge in [-0.3, -0.25) is 9.48 Å². The molecule has 1 aromatic heterocycles. The topological polar surface area (TPSA) is 75.5 Å². The Kier molecular flexibility index (Phi) is 4.46. The summed E-state index contributed by atoms with van der Waals surface area (Å²) in [5, 5.41) is 4.07. The van der Waals surface area contributed by atoms with Crippen LogP contribution < -0.4 is 0 Å². The minimum absolute atomic E-state index is 0.0155. The van der Waals surface area contributed by atoms with E-state index in [1.165, 1.54) is 10.5 Å². The number of piperidine rings is 1. The minimum atomic E-state index is -3.73. The molecule has 2 aliphatic heterocycles. The number of hydrogen-bond donors (Lipinski definition) is 0. The third-order valence-electron chi connectivity index (χ3n) is 5.38. The molecule has 0 saturated carbocycles. The number of amides is 1. The van der Waals surface area contributed by atoms with Crippen molar-refractivity contribution < 1.29 is 13.2 Å². The monoisotopic (exact) mass is 354 g/mol. The molecule has 0 bridgehead atoms. The summed E-state index contributed by atoms with van der Waals surface area (Å²) in [6.07, 6.45) is 5.09. The summed E-state index contributed by atoms with van der Waals surface area (Å²) in [7, 11) is -2.00. The molecule has 1 atom stereocenters. The summed E-state index contributed by atoms with van der Waals surface area (Å²) in [4.78, 5) is 15.2. The lowest BCUT2D eigenvalue weighted by molar-refractivity contribution is -0.144. The summed E-state index contributed by atoms with van der Waals surface area (Å²) in [5.74, 6) is -0.0155. The van der Waals surface area contributed by atoms with E-state index >= 15 is 0 Å². The van der Waals surface area contributed by atoms with Crippen molar-refractivity contribution in [3.63, 3.8) is 0 Å². The van der Waals surface area contributed by atoms with E-state index < -0.39 is 15.6 Å². The van der Waals surface area contributed by atoms with Gasteiger partial charge in [-0.2, -0.15) is 9.40 Å². The maximum atomic E-state index is 13.3. The maximum absolute atomic E-state index is 13.3. The van der Waals surface area contributed by atoms with E-state index in [0.717, 1.165) is 25.8 Å². The van der Waals surface area contributed by atoms with E-state index in [0.29, 0.717) is 31.6 Å². The van der Waals surface area contributed by atoms with E-state index in [2.05, 4.69) is 5.10 Å². The predicted molar refractivity (Wildman–Crippen MR) is 89.9 cm³/mol. The molecule has 1 amide bonds.